The van der Waals surface area contributed by atoms with Gasteiger partial charge in [0.1, 0.15) is 11.8 Å². The monoisotopic (exact) mass is 252 g/mol. The Bertz CT molecular complexity index is 432. The number of rotatable bonds is 6. The molecule has 0 saturated carbocycles. The number of aliphatic carboxylic acids is 1. The molecular weight excluding hydrogens is 232 g/mol. The van der Waals surface area contributed by atoms with E-state index in [1.807, 2.05) is 26.0 Å². The average molecular weight is 252 g/mol. The molecule has 0 amide bonds. The lowest BCUT2D eigenvalue weighted by Crippen LogP contribution is -2.40. The summed E-state index contributed by atoms with van der Waals surface area (Å²) in [4.78, 5) is 10.6. The lowest BCUT2D eigenvalue weighted by Gasteiger charge is -2.13. The zero-order valence-corrected chi connectivity index (χ0v) is 11.0. The van der Waals surface area contributed by atoms with Crippen LogP contribution in [0.25, 0.3) is 0 Å². The maximum absolute atomic E-state index is 10.6. The van der Waals surface area contributed by atoms with Crippen LogP contribution in [0.1, 0.15) is 16.7 Å². The predicted octanol–water partition coefficient (Wildman–Crippen LogP) is 0.814. The molecule has 0 heterocycles. The van der Waals surface area contributed by atoms with Crippen LogP contribution in [0.4, 0.5) is 0 Å². The van der Waals surface area contributed by atoms with E-state index < -0.39 is 12.0 Å². The SMILES string of the molecule is COc1cc(C)c(CNCC(N)C(=O)O)cc1C. The maximum atomic E-state index is 10.6. The molecule has 0 aliphatic carbocycles. The molecule has 0 fully saturated rings. The molecule has 0 aliphatic heterocycles. The maximum Gasteiger partial charge on any atom is 0.321 e. The predicted molar refractivity (Wildman–Crippen MR) is 69.8 cm³/mol. The van der Waals surface area contributed by atoms with Gasteiger partial charge in [-0.05, 0) is 36.6 Å². The Balaban J connectivity index is 2.63. The van der Waals surface area contributed by atoms with Crippen LogP contribution in [0, 0.1) is 13.8 Å². The van der Waals surface area contributed by atoms with Crippen molar-refractivity contribution < 1.29 is 14.6 Å². The van der Waals surface area contributed by atoms with Crippen molar-refractivity contribution in [1.29, 1.82) is 0 Å². The van der Waals surface area contributed by atoms with Crippen molar-refractivity contribution in [1.82, 2.24) is 5.32 Å². The van der Waals surface area contributed by atoms with Crippen molar-refractivity contribution in [2.45, 2.75) is 26.4 Å². The third kappa shape index (κ3) is 3.72. The minimum absolute atomic E-state index is 0.250. The summed E-state index contributed by atoms with van der Waals surface area (Å²) in [5, 5.41) is 11.7. The van der Waals surface area contributed by atoms with Crippen molar-refractivity contribution in [3.8, 4) is 5.75 Å². The van der Waals surface area contributed by atoms with Gasteiger partial charge in [0.25, 0.3) is 0 Å². The van der Waals surface area contributed by atoms with E-state index in [1.165, 1.54) is 0 Å². The van der Waals surface area contributed by atoms with Crippen molar-refractivity contribution in [2.24, 2.45) is 5.73 Å². The molecular formula is C13H20N2O3. The van der Waals surface area contributed by atoms with Crippen molar-refractivity contribution in [3.63, 3.8) is 0 Å². The second kappa shape index (κ2) is 6.37. The lowest BCUT2D eigenvalue weighted by molar-refractivity contribution is -0.138. The van der Waals surface area contributed by atoms with Crippen molar-refractivity contribution in [2.75, 3.05) is 13.7 Å². The number of hydrogen-bond acceptors (Lipinski definition) is 4. The Morgan fingerprint density at radius 2 is 2.11 bits per heavy atom. The molecule has 0 bridgehead atoms. The van der Waals surface area contributed by atoms with E-state index in [0.29, 0.717) is 6.54 Å². The number of carboxylic acid groups (broad SMARTS) is 1. The van der Waals surface area contributed by atoms with Crippen LogP contribution in [0.3, 0.4) is 0 Å². The fraction of sp³-hybridized carbons (Fsp3) is 0.462. The first-order valence-electron chi connectivity index (χ1n) is 5.79. The van der Waals surface area contributed by atoms with Crippen LogP contribution in [0.2, 0.25) is 0 Å². The average Bonchev–Trinajstić information content (AvgIpc) is 2.32. The van der Waals surface area contributed by atoms with Gasteiger partial charge in [-0.1, -0.05) is 6.07 Å². The number of aryl methyl sites for hydroxylation is 2. The number of ether oxygens (including phenoxy) is 1. The number of carbonyl (C=O) groups is 1. The zero-order valence-electron chi connectivity index (χ0n) is 11.0. The van der Waals surface area contributed by atoms with Crippen LogP contribution in [-0.2, 0) is 11.3 Å². The van der Waals surface area contributed by atoms with Gasteiger partial charge < -0.3 is 20.9 Å². The first kappa shape index (κ1) is 14.5. The van der Waals surface area contributed by atoms with E-state index in [2.05, 4.69) is 5.32 Å². The van der Waals surface area contributed by atoms with E-state index in [9.17, 15) is 4.79 Å². The molecule has 1 unspecified atom stereocenters. The lowest BCUT2D eigenvalue weighted by atomic mass is 10.0. The summed E-state index contributed by atoms with van der Waals surface area (Å²) in [5.41, 5.74) is 8.69. The fourth-order valence-corrected chi connectivity index (χ4v) is 1.71. The second-order valence-corrected chi connectivity index (χ2v) is 4.32. The first-order chi connectivity index (χ1) is 8.45. The molecule has 5 heteroatoms. The molecule has 0 radical (unpaired) electrons. The highest BCUT2D eigenvalue weighted by molar-refractivity contribution is 5.73. The van der Waals surface area contributed by atoms with Crippen LogP contribution >= 0.6 is 0 Å². The minimum atomic E-state index is -0.995. The summed E-state index contributed by atoms with van der Waals surface area (Å²) in [6.45, 7) is 4.82. The van der Waals surface area contributed by atoms with E-state index in [1.54, 1.807) is 7.11 Å². The zero-order chi connectivity index (χ0) is 13.7. The normalized spacial score (nSPS) is 12.2. The number of benzene rings is 1. The molecule has 1 aromatic rings. The molecule has 0 saturated heterocycles. The summed E-state index contributed by atoms with van der Waals surface area (Å²) in [7, 11) is 1.64. The Hall–Kier alpha value is -1.59. The standard InChI is InChI=1S/C13H20N2O3/c1-8-5-12(18-3)9(2)4-10(8)6-15-7-11(14)13(16)17/h4-5,11,15H,6-7,14H2,1-3H3,(H,16,17). The number of methoxy groups -OCH3 is 1. The van der Waals surface area contributed by atoms with Gasteiger partial charge in [0, 0.05) is 13.1 Å². The number of nitrogens with one attached hydrogen (secondary N) is 1. The highest BCUT2D eigenvalue weighted by atomic mass is 16.5. The number of carboxylic acids is 1. The Morgan fingerprint density at radius 1 is 1.44 bits per heavy atom. The topological polar surface area (TPSA) is 84.6 Å². The second-order valence-electron chi connectivity index (χ2n) is 4.32. The van der Waals surface area contributed by atoms with Gasteiger partial charge in [0.2, 0.25) is 0 Å². The molecule has 4 N–H and O–H groups in total. The molecule has 1 aromatic carbocycles. The fourth-order valence-electron chi connectivity index (χ4n) is 1.71. The molecule has 0 aliphatic rings. The molecule has 18 heavy (non-hydrogen) atoms. The number of nitrogens with two attached hydrogens (primary N) is 1. The molecule has 0 spiro atoms. The van der Waals surface area contributed by atoms with Crippen LogP contribution in [-0.4, -0.2) is 30.8 Å². The van der Waals surface area contributed by atoms with E-state index in [-0.39, 0.29) is 6.54 Å². The summed E-state index contributed by atoms with van der Waals surface area (Å²) in [6.07, 6.45) is 0. The summed E-state index contributed by atoms with van der Waals surface area (Å²) in [6, 6.07) is 3.14. The molecule has 1 rings (SSSR count). The largest absolute Gasteiger partial charge is 0.496 e. The third-order valence-corrected chi connectivity index (χ3v) is 2.85. The van der Waals surface area contributed by atoms with Crippen LogP contribution < -0.4 is 15.8 Å². The van der Waals surface area contributed by atoms with Gasteiger partial charge in [-0.2, -0.15) is 0 Å². The van der Waals surface area contributed by atoms with Crippen LogP contribution in [0.5, 0.6) is 5.75 Å². The van der Waals surface area contributed by atoms with Gasteiger partial charge >= 0.3 is 5.97 Å². The third-order valence-electron chi connectivity index (χ3n) is 2.85. The minimum Gasteiger partial charge on any atom is -0.496 e. The summed E-state index contributed by atoms with van der Waals surface area (Å²) < 4.78 is 5.24. The quantitative estimate of drug-likeness (QED) is 0.698. The highest BCUT2D eigenvalue weighted by Gasteiger charge is 2.11. The van der Waals surface area contributed by atoms with Crippen molar-refractivity contribution in [3.05, 3.63) is 28.8 Å². The number of hydrogen-bond donors (Lipinski definition) is 3. The Kier molecular flexibility index (Phi) is 5.12. The molecule has 5 nitrogen and oxygen atoms in total. The summed E-state index contributed by atoms with van der Waals surface area (Å²) >= 11 is 0. The molecule has 1 atom stereocenters. The summed E-state index contributed by atoms with van der Waals surface area (Å²) in [5.74, 6) is -0.136. The van der Waals surface area contributed by atoms with Gasteiger partial charge in [-0.3, -0.25) is 4.79 Å². The van der Waals surface area contributed by atoms with E-state index in [0.717, 1.165) is 22.4 Å². The van der Waals surface area contributed by atoms with Gasteiger partial charge in [0.05, 0.1) is 7.11 Å². The van der Waals surface area contributed by atoms with E-state index in [4.69, 9.17) is 15.6 Å². The smallest absolute Gasteiger partial charge is 0.321 e. The highest BCUT2D eigenvalue weighted by Crippen LogP contribution is 2.22. The van der Waals surface area contributed by atoms with E-state index >= 15 is 0 Å². The van der Waals surface area contributed by atoms with Gasteiger partial charge in [-0.25, -0.2) is 0 Å². The Morgan fingerprint density at radius 3 is 2.67 bits per heavy atom. The van der Waals surface area contributed by atoms with Crippen LogP contribution in [0.15, 0.2) is 12.1 Å². The first-order valence-corrected chi connectivity index (χ1v) is 5.79. The van der Waals surface area contributed by atoms with Crippen molar-refractivity contribution >= 4 is 5.97 Å². The van der Waals surface area contributed by atoms with Gasteiger partial charge in [0.15, 0.2) is 0 Å². The van der Waals surface area contributed by atoms with Gasteiger partial charge in [-0.15, -0.1) is 0 Å². The molecule has 100 valence electrons. The Labute approximate surface area is 107 Å². The molecule has 0 aromatic heterocycles.